The topological polar surface area (TPSA) is 97.0 Å². The molecule has 0 unspecified atom stereocenters. The Morgan fingerprint density at radius 2 is 2.24 bits per heavy atom. The number of nitrogens with zero attached hydrogens (tertiary/aromatic N) is 2. The van der Waals surface area contributed by atoms with Crippen molar-refractivity contribution in [2.24, 2.45) is 5.84 Å². The molecule has 104 valence electrons. The van der Waals surface area contributed by atoms with Gasteiger partial charge in [-0.3, -0.25) is 10.2 Å². The Balaban J connectivity index is 1.90. The van der Waals surface area contributed by atoms with Crippen LogP contribution in [0.15, 0.2) is 47.2 Å². The minimum atomic E-state index is -0.388. The Hall–Kier alpha value is -3.04. The summed E-state index contributed by atoms with van der Waals surface area (Å²) in [5, 5.41) is 9.88. The summed E-state index contributed by atoms with van der Waals surface area (Å²) in [6.07, 6.45) is 3.29. The van der Waals surface area contributed by atoms with Crippen molar-refractivity contribution in [1.29, 1.82) is 5.26 Å². The maximum atomic E-state index is 11.4. The molecular weight excluding hydrogens is 268 g/mol. The van der Waals surface area contributed by atoms with Crippen LogP contribution in [0.3, 0.4) is 0 Å². The number of hydrogen-bond acceptors (Lipinski definition) is 4. The van der Waals surface area contributed by atoms with Gasteiger partial charge in [0, 0.05) is 17.1 Å². The maximum Gasteiger partial charge on any atom is 0.268 e. The quantitative estimate of drug-likeness (QED) is 0.434. The van der Waals surface area contributed by atoms with Crippen LogP contribution in [-0.2, 0) is 6.54 Å². The van der Waals surface area contributed by atoms with Crippen molar-refractivity contribution in [3.63, 3.8) is 0 Å². The van der Waals surface area contributed by atoms with Crippen molar-refractivity contribution < 1.29 is 9.21 Å². The molecule has 0 saturated heterocycles. The van der Waals surface area contributed by atoms with Crippen molar-refractivity contribution in [2.45, 2.75) is 6.54 Å². The van der Waals surface area contributed by atoms with Crippen LogP contribution in [0.2, 0.25) is 0 Å². The molecule has 0 spiro atoms. The monoisotopic (exact) mass is 280 g/mol. The van der Waals surface area contributed by atoms with E-state index in [-0.39, 0.29) is 5.91 Å². The molecule has 2 aromatic heterocycles. The number of hydrogen-bond donors (Lipinski definition) is 2. The smallest absolute Gasteiger partial charge is 0.268 e. The van der Waals surface area contributed by atoms with Gasteiger partial charge in [0.2, 0.25) is 0 Å². The van der Waals surface area contributed by atoms with Gasteiger partial charge in [-0.05, 0) is 30.3 Å². The fraction of sp³-hybridized carbons (Fsp3) is 0.0667. The van der Waals surface area contributed by atoms with Crippen molar-refractivity contribution >= 4 is 16.8 Å². The first-order valence-electron chi connectivity index (χ1n) is 6.28. The highest BCUT2D eigenvalue weighted by Crippen LogP contribution is 2.19. The number of carbonyl (C=O) groups is 1. The van der Waals surface area contributed by atoms with E-state index < -0.39 is 0 Å². The number of nitrogens with one attached hydrogen (secondary N) is 1. The summed E-state index contributed by atoms with van der Waals surface area (Å²) in [7, 11) is 0. The number of fused-ring (bicyclic) bond motifs is 1. The first-order chi connectivity index (χ1) is 10.2. The van der Waals surface area contributed by atoms with Crippen LogP contribution in [0.25, 0.3) is 10.9 Å². The van der Waals surface area contributed by atoms with E-state index in [0.717, 1.165) is 10.9 Å². The van der Waals surface area contributed by atoms with Gasteiger partial charge in [-0.15, -0.1) is 0 Å². The van der Waals surface area contributed by atoms with Gasteiger partial charge in [-0.1, -0.05) is 0 Å². The van der Waals surface area contributed by atoms with Gasteiger partial charge in [0.25, 0.3) is 5.91 Å². The molecule has 0 atom stereocenters. The van der Waals surface area contributed by atoms with Crippen LogP contribution in [0.1, 0.15) is 21.7 Å². The minimum absolute atomic E-state index is 0.385. The molecule has 3 aromatic rings. The predicted molar refractivity (Wildman–Crippen MR) is 76.1 cm³/mol. The molecule has 0 aliphatic carbocycles. The first kappa shape index (κ1) is 13.0. The summed E-state index contributed by atoms with van der Waals surface area (Å²) in [4.78, 5) is 11.4. The van der Waals surface area contributed by atoms with Crippen LogP contribution in [0.4, 0.5) is 0 Å². The lowest BCUT2D eigenvalue weighted by Gasteiger charge is -2.02. The van der Waals surface area contributed by atoms with Crippen molar-refractivity contribution in [1.82, 2.24) is 9.99 Å². The SMILES string of the molecule is N#Cc1ccc2c(ccn2Cc2cc(C(=O)NN)co2)c1. The van der Waals surface area contributed by atoms with E-state index in [0.29, 0.717) is 23.4 Å². The third kappa shape index (κ3) is 2.38. The van der Waals surface area contributed by atoms with E-state index in [2.05, 4.69) is 11.5 Å². The van der Waals surface area contributed by atoms with Gasteiger partial charge in [0.05, 0.1) is 23.7 Å². The zero-order valence-corrected chi connectivity index (χ0v) is 11.0. The lowest BCUT2D eigenvalue weighted by atomic mass is 10.2. The third-order valence-corrected chi connectivity index (χ3v) is 3.27. The molecule has 0 aliphatic heterocycles. The van der Waals surface area contributed by atoms with Gasteiger partial charge in [-0.2, -0.15) is 5.26 Å². The summed E-state index contributed by atoms with van der Waals surface area (Å²) in [6.45, 7) is 0.493. The van der Waals surface area contributed by atoms with Gasteiger partial charge >= 0.3 is 0 Å². The van der Waals surface area contributed by atoms with Crippen LogP contribution in [0.5, 0.6) is 0 Å². The highest BCUT2D eigenvalue weighted by molar-refractivity contribution is 5.93. The number of amides is 1. The molecule has 0 fully saturated rings. The van der Waals surface area contributed by atoms with E-state index in [4.69, 9.17) is 15.5 Å². The lowest BCUT2D eigenvalue weighted by Crippen LogP contribution is -2.29. The van der Waals surface area contributed by atoms with Crippen LogP contribution < -0.4 is 11.3 Å². The van der Waals surface area contributed by atoms with E-state index in [1.165, 1.54) is 6.26 Å². The number of hydrazine groups is 1. The average molecular weight is 280 g/mol. The normalized spacial score (nSPS) is 10.5. The largest absolute Gasteiger partial charge is 0.467 e. The molecule has 6 heteroatoms. The molecular formula is C15H12N4O2. The number of benzene rings is 1. The van der Waals surface area contributed by atoms with Crippen LogP contribution >= 0.6 is 0 Å². The molecule has 3 rings (SSSR count). The van der Waals surface area contributed by atoms with E-state index in [9.17, 15) is 4.79 Å². The number of furan rings is 1. The molecule has 0 radical (unpaired) electrons. The van der Waals surface area contributed by atoms with Gasteiger partial charge in [-0.25, -0.2) is 5.84 Å². The molecule has 1 amide bonds. The molecule has 3 N–H and O–H groups in total. The molecule has 6 nitrogen and oxygen atoms in total. The summed E-state index contributed by atoms with van der Waals surface area (Å²) in [5.74, 6) is 5.34. The van der Waals surface area contributed by atoms with Crippen molar-refractivity contribution in [2.75, 3.05) is 0 Å². The number of nitriles is 1. The molecule has 21 heavy (non-hydrogen) atoms. The van der Waals surface area contributed by atoms with Crippen molar-refractivity contribution in [3.05, 3.63) is 59.7 Å². The van der Waals surface area contributed by atoms with Gasteiger partial charge in [0.1, 0.15) is 12.0 Å². The fourth-order valence-electron chi connectivity index (χ4n) is 2.24. The van der Waals surface area contributed by atoms with Crippen molar-refractivity contribution in [3.8, 4) is 6.07 Å². The Bertz CT molecular complexity index is 854. The minimum Gasteiger partial charge on any atom is -0.467 e. The second-order valence-electron chi connectivity index (χ2n) is 4.60. The summed E-state index contributed by atoms with van der Waals surface area (Å²) >= 11 is 0. The van der Waals surface area contributed by atoms with Crippen LogP contribution in [0, 0.1) is 11.3 Å². The third-order valence-electron chi connectivity index (χ3n) is 3.27. The highest BCUT2D eigenvalue weighted by Gasteiger charge is 2.10. The summed E-state index contributed by atoms with van der Waals surface area (Å²) in [5.41, 5.74) is 4.07. The molecule has 1 aromatic carbocycles. The second-order valence-corrected chi connectivity index (χ2v) is 4.60. The molecule has 0 aliphatic rings. The first-order valence-corrected chi connectivity index (χ1v) is 6.28. The fourth-order valence-corrected chi connectivity index (χ4v) is 2.24. The Morgan fingerprint density at radius 1 is 1.38 bits per heavy atom. The zero-order chi connectivity index (χ0) is 14.8. The van der Waals surface area contributed by atoms with Gasteiger partial charge < -0.3 is 8.98 Å². The van der Waals surface area contributed by atoms with Gasteiger partial charge in [0.15, 0.2) is 0 Å². The number of nitrogens with two attached hydrogens (primary N) is 1. The average Bonchev–Trinajstić information content (AvgIpc) is 3.14. The highest BCUT2D eigenvalue weighted by atomic mass is 16.3. The summed E-state index contributed by atoms with van der Waals surface area (Å²) in [6, 6.07) is 11.2. The number of nitrogen functional groups attached to an aromatic ring is 1. The molecule has 2 heterocycles. The van der Waals surface area contributed by atoms with E-state index >= 15 is 0 Å². The van der Waals surface area contributed by atoms with E-state index in [1.54, 1.807) is 12.1 Å². The standard InChI is InChI=1S/C15H12N4O2/c16-7-10-1-2-14-11(5-10)3-4-19(14)8-13-6-12(9-21-13)15(20)18-17/h1-6,9H,8,17H2,(H,18,20). The molecule has 0 saturated carbocycles. The van der Waals surface area contributed by atoms with E-state index in [1.807, 2.05) is 29.0 Å². The number of rotatable bonds is 3. The Morgan fingerprint density at radius 3 is 3.00 bits per heavy atom. The predicted octanol–water partition coefficient (Wildman–Crippen LogP) is 1.76. The second kappa shape index (κ2) is 5.15. The number of carbonyl (C=O) groups excluding carboxylic acids is 1. The summed E-state index contributed by atoms with van der Waals surface area (Å²) < 4.78 is 7.35. The maximum absolute atomic E-state index is 11.4. The van der Waals surface area contributed by atoms with Crippen LogP contribution in [-0.4, -0.2) is 10.5 Å². The number of aromatic nitrogens is 1. The molecule has 0 bridgehead atoms. The lowest BCUT2D eigenvalue weighted by molar-refractivity contribution is 0.0953. The zero-order valence-electron chi connectivity index (χ0n) is 11.0. The Kier molecular flexibility index (Phi) is 3.18. The Labute approximate surface area is 120 Å².